The van der Waals surface area contributed by atoms with Crippen LogP contribution in [0.3, 0.4) is 0 Å². The number of allylic oxidation sites excluding steroid dienone is 2. The summed E-state index contributed by atoms with van der Waals surface area (Å²) in [6.45, 7) is 2.12. The zero-order chi connectivity index (χ0) is 26.2. The molecule has 0 aliphatic heterocycles. The Morgan fingerprint density at radius 1 is 1.00 bits per heavy atom. The third-order valence-corrected chi connectivity index (χ3v) is 4.91. The number of benzene rings is 2. The van der Waals surface area contributed by atoms with E-state index in [0.29, 0.717) is 35.8 Å². The normalized spacial score (nSPS) is 12.8. The molecule has 0 unspecified atom stereocenters. The number of amides is 1. The standard InChI is InChI=1S/C27H33NO8/c1-4-34-25(30)9-7-5-6-8-24(33-3)26(20-10-14-23(15-11-20)35-19-18-29)36-27(31)28-21-12-16-22(32-2)17-13-21/h5-7,9-17,24,26,29H,4,8,18-19H2,1-3H3,(H,28,31)/b6-5+,9-7+/t24-,26-/m0/s1. The predicted octanol–water partition coefficient (Wildman–Crippen LogP) is 4.44. The third kappa shape index (κ3) is 9.81. The van der Waals surface area contributed by atoms with Gasteiger partial charge in [-0.3, -0.25) is 5.32 Å². The maximum atomic E-state index is 12.7. The largest absolute Gasteiger partial charge is 0.497 e. The van der Waals surface area contributed by atoms with Crippen molar-refractivity contribution in [1.82, 2.24) is 0 Å². The predicted molar refractivity (Wildman–Crippen MR) is 135 cm³/mol. The van der Waals surface area contributed by atoms with Gasteiger partial charge >= 0.3 is 12.1 Å². The van der Waals surface area contributed by atoms with Crippen molar-refractivity contribution < 1.29 is 38.4 Å². The number of methoxy groups -OCH3 is 2. The van der Waals surface area contributed by atoms with Gasteiger partial charge < -0.3 is 28.8 Å². The van der Waals surface area contributed by atoms with E-state index in [1.165, 1.54) is 13.2 Å². The van der Waals surface area contributed by atoms with Crippen LogP contribution in [-0.4, -0.2) is 57.3 Å². The first-order valence-corrected chi connectivity index (χ1v) is 11.5. The molecule has 0 radical (unpaired) electrons. The Hall–Kier alpha value is -3.82. The second kappa shape index (κ2) is 16.0. The van der Waals surface area contributed by atoms with Gasteiger partial charge in [0.05, 0.1) is 20.3 Å². The second-order valence-corrected chi connectivity index (χ2v) is 7.37. The van der Waals surface area contributed by atoms with Crippen molar-refractivity contribution in [2.24, 2.45) is 0 Å². The number of hydrogen-bond acceptors (Lipinski definition) is 8. The Morgan fingerprint density at radius 3 is 2.31 bits per heavy atom. The third-order valence-electron chi connectivity index (χ3n) is 4.91. The highest BCUT2D eigenvalue weighted by molar-refractivity contribution is 5.85. The van der Waals surface area contributed by atoms with Crippen molar-refractivity contribution in [3.05, 3.63) is 78.4 Å². The SMILES string of the molecule is CCOC(=O)/C=C/C=C/C[C@H](OC)[C@@H](OC(=O)Nc1ccc(OC)cc1)c1ccc(OCCO)cc1. The van der Waals surface area contributed by atoms with Crippen molar-refractivity contribution in [2.75, 3.05) is 39.4 Å². The summed E-state index contributed by atoms with van der Waals surface area (Å²) in [6, 6.07) is 13.9. The van der Waals surface area contributed by atoms with Crippen LogP contribution < -0.4 is 14.8 Å². The maximum Gasteiger partial charge on any atom is 0.412 e. The number of aliphatic hydroxyl groups is 1. The van der Waals surface area contributed by atoms with Crippen LogP contribution in [0, 0.1) is 0 Å². The summed E-state index contributed by atoms with van der Waals surface area (Å²) in [5.74, 6) is 0.816. The van der Waals surface area contributed by atoms with Gasteiger partial charge in [-0.15, -0.1) is 0 Å². The number of carbonyl (C=O) groups is 2. The highest BCUT2D eigenvalue weighted by Crippen LogP contribution is 2.28. The summed E-state index contributed by atoms with van der Waals surface area (Å²) in [5.41, 5.74) is 1.24. The minimum absolute atomic E-state index is 0.0955. The van der Waals surface area contributed by atoms with Crippen molar-refractivity contribution in [3.8, 4) is 11.5 Å². The Kier molecular flexibility index (Phi) is 12.6. The highest BCUT2D eigenvalue weighted by atomic mass is 16.6. The Balaban J connectivity index is 2.16. The van der Waals surface area contributed by atoms with E-state index in [1.807, 2.05) is 0 Å². The molecule has 0 saturated heterocycles. The molecule has 194 valence electrons. The minimum atomic E-state index is -0.751. The van der Waals surface area contributed by atoms with E-state index in [2.05, 4.69) is 5.32 Å². The summed E-state index contributed by atoms with van der Waals surface area (Å²) < 4.78 is 26.8. The van der Waals surface area contributed by atoms with Gasteiger partial charge in [-0.1, -0.05) is 30.4 Å². The molecule has 36 heavy (non-hydrogen) atoms. The van der Waals surface area contributed by atoms with Crippen LogP contribution >= 0.6 is 0 Å². The molecule has 0 heterocycles. The van der Waals surface area contributed by atoms with Crippen LogP contribution in [0.15, 0.2) is 72.8 Å². The molecule has 0 spiro atoms. The number of esters is 1. The molecule has 1 amide bonds. The number of rotatable bonds is 14. The number of ether oxygens (including phenoxy) is 5. The van der Waals surface area contributed by atoms with E-state index in [9.17, 15) is 9.59 Å². The number of anilines is 1. The van der Waals surface area contributed by atoms with Crippen LogP contribution in [0.1, 0.15) is 25.0 Å². The van der Waals surface area contributed by atoms with Crippen LogP contribution in [-0.2, 0) is 19.0 Å². The first-order valence-electron chi connectivity index (χ1n) is 11.5. The summed E-state index contributed by atoms with van der Waals surface area (Å²) in [4.78, 5) is 24.2. The fraction of sp³-hybridized carbons (Fsp3) is 0.333. The Labute approximate surface area is 211 Å². The number of aliphatic hydroxyl groups excluding tert-OH is 1. The lowest BCUT2D eigenvalue weighted by Crippen LogP contribution is -2.27. The average Bonchev–Trinajstić information content (AvgIpc) is 2.89. The van der Waals surface area contributed by atoms with Crippen molar-refractivity contribution in [3.63, 3.8) is 0 Å². The summed E-state index contributed by atoms with van der Waals surface area (Å²) in [6.07, 6.45) is 4.87. The number of hydrogen-bond donors (Lipinski definition) is 2. The molecular formula is C27H33NO8. The van der Waals surface area contributed by atoms with Crippen LogP contribution in [0.5, 0.6) is 11.5 Å². The number of nitrogens with one attached hydrogen (secondary N) is 1. The molecule has 2 aromatic carbocycles. The maximum absolute atomic E-state index is 12.7. The van der Waals surface area contributed by atoms with Crippen molar-refractivity contribution in [1.29, 1.82) is 0 Å². The minimum Gasteiger partial charge on any atom is -0.497 e. The quantitative estimate of drug-likeness (QED) is 0.223. The Bertz CT molecular complexity index is 986. The molecule has 0 aliphatic rings. The van der Waals surface area contributed by atoms with Crippen LogP contribution in [0.4, 0.5) is 10.5 Å². The first kappa shape index (κ1) is 28.4. The van der Waals surface area contributed by atoms with Crippen LogP contribution in [0.2, 0.25) is 0 Å². The lowest BCUT2D eigenvalue weighted by atomic mass is 10.0. The molecule has 2 aromatic rings. The highest BCUT2D eigenvalue weighted by Gasteiger charge is 2.26. The van der Waals surface area contributed by atoms with Gasteiger partial charge in [0.1, 0.15) is 24.2 Å². The molecule has 9 heteroatoms. The molecule has 2 rings (SSSR count). The Morgan fingerprint density at radius 2 is 1.69 bits per heavy atom. The zero-order valence-corrected chi connectivity index (χ0v) is 20.7. The molecule has 9 nitrogen and oxygen atoms in total. The number of carbonyl (C=O) groups excluding carboxylic acids is 2. The second-order valence-electron chi connectivity index (χ2n) is 7.37. The molecular weight excluding hydrogens is 466 g/mol. The monoisotopic (exact) mass is 499 g/mol. The van der Waals surface area contributed by atoms with Gasteiger partial charge in [0.2, 0.25) is 0 Å². The fourth-order valence-electron chi connectivity index (χ4n) is 3.17. The molecule has 0 aliphatic carbocycles. The molecule has 2 N–H and O–H groups in total. The average molecular weight is 500 g/mol. The van der Waals surface area contributed by atoms with E-state index in [-0.39, 0.29) is 13.2 Å². The topological polar surface area (TPSA) is 113 Å². The summed E-state index contributed by atoms with van der Waals surface area (Å²) in [5, 5.41) is 11.7. The van der Waals surface area contributed by atoms with Gasteiger partial charge in [0.25, 0.3) is 0 Å². The van der Waals surface area contributed by atoms with Gasteiger partial charge in [-0.2, -0.15) is 0 Å². The van der Waals surface area contributed by atoms with Gasteiger partial charge in [-0.25, -0.2) is 9.59 Å². The van der Waals surface area contributed by atoms with E-state index in [4.69, 9.17) is 28.8 Å². The lowest BCUT2D eigenvalue weighted by Gasteiger charge is -2.26. The first-order chi connectivity index (χ1) is 17.5. The molecule has 0 saturated carbocycles. The lowest BCUT2D eigenvalue weighted by molar-refractivity contribution is -0.137. The molecule has 2 atom stereocenters. The summed E-state index contributed by atoms with van der Waals surface area (Å²) in [7, 11) is 3.09. The zero-order valence-electron chi connectivity index (χ0n) is 20.7. The molecule has 0 aromatic heterocycles. The molecule has 0 bridgehead atoms. The van der Waals surface area contributed by atoms with Crippen molar-refractivity contribution >= 4 is 17.7 Å². The van der Waals surface area contributed by atoms with Gasteiger partial charge in [0, 0.05) is 18.9 Å². The molecule has 0 fully saturated rings. The van der Waals surface area contributed by atoms with E-state index >= 15 is 0 Å². The van der Waals surface area contributed by atoms with Crippen molar-refractivity contribution in [2.45, 2.75) is 25.6 Å². The van der Waals surface area contributed by atoms with Gasteiger partial charge in [0.15, 0.2) is 6.10 Å². The van der Waals surface area contributed by atoms with Crippen LogP contribution in [0.25, 0.3) is 0 Å². The van der Waals surface area contributed by atoms with E-state index in [0.717, 1.165) is 0 Å². The fourth-order valence-corrected chi connectivity index (χ4v) is 3.17. The summed E-state index contributed by atoms with van der Waals surface area (Å²) >= 11 is 0. The van der Waals surface area contributed by atoms with Gasteiger partial charge in [-0.05, 0) is 55.3 Å². The van der Waals surface area contributed by atoms with E-state index in [1.54, 1.807) is 80.8 Å². The van der Waals surface area contributed by atoms with E-state index < -0.39 is 24.3 Å². The smallest absolute Gasteiger partial charge is 0.412 e.